The summed E-state index contributed by atoms with van der Waals surface area (Å²) in [6.45, 7) is 0.771. The van der Waals surface area contributed by atoms with Crippen LogP contribution in [0.4, 0.5) is 0 Å². The minimum Gasteiger partial charge on any atom is -0.493 e. The highest BCUT2D eigenvalue weighted by molar-refractivity contribution is 6.31. The molecule has 2 heterocycles. The van der Waals surface area contributed by atoms with Gasteiger partial charge in [0, 0.05) is 24.4 Å². The van der Waals surface area contributed by atoms with Gasteiger partial charge in [0.2, 0.25) is 5.91 Å². The van der Waals surface area contributed by atoms with E-state index in [2.05, 4.69) is 9.97 Å². The fraction of sp³-hybridized carbons (Fsp3) is 0.364. The molecule has 3 aromatic rings. The Labute approximate surface area is 174 Å². The van der Waals surface area contributed by atoms with E-state index in [9.17, 15) is 4.79 Å². The van der Waals surface area contributed by atoms with E-state index in [1.165, 1.54) is 0 Å². The number of carbonyl (C=O) groups excluding carboxylic acids is 1. The lowest BCUT2D eigenvalue weighted by Gasteiger charge is -2.25. The molecule has 1 aliphatic rings. The predicted molar refractivity (Wildman–Crippen MR) is 113 cm³/mol. The Kier molecular flexibility index (Phi) is 5.62. The van der Waals surface area contributed by atoms with Crippen LogP contribution in [0.25, 0.3) is 11.0 Å². The molecule has 29 heavy (non-hydrogen) atoms. The average molecular weight is 414 g/mol. The Balaban J connectivity index is 1.46. The van der Waals surface area contributed by atoms with Crippen LogP contribution in [0.2, 0.25) is 5.02 Å². The van der Waals surface area contributed by atoms with Gasteiger partial charge in [-0.05, 0) is 48.7 Å². The van der Waals surface area contributed by atoms with Crippen molar-refractivity contribution in [3.05, 3.63) is 52.8 Å². The number of aromatic amines is 1. The molecule has 152 valence electrons. The van der Waals surface area contributed by atoms with Gasteiger partial charge in [-0.25, -0.2) is 4.98 Å². The molecule has 2 aromatic carbocycles. The van der Waals surface area contributed by atoms with E-state index in [4.69, 9.17) is 21.1 Å². The number of benzene rings is 2. The summed E-state index contributed by atoms with van der Waals surface area (Å²) in [5, 5.41) is 0.665. The van der Waals surface area contributed by atoms with Crippen molar-refractivity contribution < 1.29 is 14.3 Å². The molecular weight excluding hydrogens is 390 g/mol. The average Bonchev–Trinajstić information content (AvgIpc) is 3.38. The predicted octanol–water partition coefficient (Wildman–Crippen LogP) is 4.53. The molecule has 1 aromatic heterocycles. The molecule has 0 saturated carbocycles. The maximum Gasteiger partial charge on any atom is 0.223 e. The van der Waals surface area contributed by atoms with Crippen LogP contribution in [0.15, 0.2) is 36.4 Å². The van der Waals surface area contributed by atoms with Crippen LogP contribution in [0.5, 0.6) is 11.5 Å². The van der Waals surface area contributed by atoms with Gasteiger partial charge in [-0.3, -0.25) is 4.79 Å². The van der Waals surface area contributed by atoms with Gasteiger partial charge in [0.05, 0.1) is 31.3 Å². The largest absolute Gasteiger partial charge is 0.493 e. The topological polar surface area (TPSA) is 67.5 Å². The van der Waals surface area contributed by atoms with E-state index in [0.29, 0.717) is 29.4 Å². The lowest BCUT2D eigenvalue weighted by molar-refractivity contribution is -0.132. The number of rotatable bonds is 6. The molecule has 1 aliphatic heterocycles. The van der Waals surface area contributed by atoms with Crippen molar-refractivity contribution >= 4 is 28.5 Å². The number of methoxy groups -OCH3 is 2. The SMILES string of the molecule is COc1ccc(C2CCCN2C(=O)CCc2nc3ccc(Cl)cc3[nH]2)cc1OC. The number of halogens is 1. The number of likely N-dealkylation sites (tertiary alicyclic amines) is 1. The van der Waals surface area contributed by atoms with Crippen LogP contribution >= 0.6 is 11.6 Å². The summed E-state index contributed by atoms with van der Waals surface area (Å²) in [4.78, 5) is 22.7. The molecular formula is C22H24ClN3O3. The van der Waals surface area contributed by atoms with Gasteiger partial charge in [-0.15, -0.1) is 0 Å². The first-order valence-electron chi connectivity index (χ1n) is 9.74. The van der Waals surface area contributed by atoms with Crippen LogP contribution in [-0.2, 0) is 11.2 Å². The van der Waals surface area contributed by atoms with Crippen LogP contribution in [0, 0.1) is 0 Å². The first-order chi connectivity index (χ1) is 14.1. The summed E-state index contributed by atoms with van der Waals surface area (Å²) in [5.74, 6) is 2.32. The number of aromatic nitrogens is 2. The highest BCUT2D eigenvalue weighted by atomic mass is 35.5. The molecule has 1 N–H and O–H groups in total. The first-order valence-corrected chi connectivity index (χ1v) is 10.1. The number of nitrogens with zero attached hydrogens (tertiary/aromatic N) is 2. The van der Waals surface area contributed by atoms with Crippen LogP contribution < -0.4 is 9.47 Å². The number of ether oxygens (including phenoxy) is 2. The summed E-state index contributed by atoms with van der Waals surface area (Å²) >= 11 is 6.03. The van der Waals surface area contributed by atoms with Crippen LogP contribution in [0.1, 0.15) is 36.7 Å². The molecule has 4 rings (SSSR count). The number of hydrogen-bond acceptors (Lipinski definition) is 4. The fourth-order valence-electron chi connectivity index (χ4n) is 3.99. The summed E-state index contributed by atoms with van der Waals surface area (Å²) in [5.41, 5.74) is 2.83. The number of nitrogens with one attached hydrogen (secondary N) is 1. The van der Waals surface area contributed by atoms with E-state index in [-0.39, 0.29) is 11.9 Å². The molecule has 6 nitrogen and oxygen atoms in total. The van der Waals surface area contributed by atoms with Gasteiger partial charge in [0.15, 0.2) is 11.5 Å². The smallest absolute Gasteiger partial charge is 0.223 e. The number of H-pyrrole nitrogens is 1. The summed E-state index contributed by atoms with van der Waals surface area (Å²) in [6, 6.07) is 11.5. The summed E-state index contributed by atoms with van der Waals surface area (Å²) in [7, 11) is 3.24. The van der Waals surface area contributed by atoms with Gasteiger partial charge >= 0.3 is 0 Å². The van der Waals surface area contributed by atoms with Crippen molar-refractivity contribution in [2.45, 2.75) is 31.7 Å². The second-order valence-electron chi connectivity index (χ2n) is 7.20. The minimum absolute atomic E-state index is 0.0665. The quantitative estimate of drug-likeness (QED) is 0.644. The molecule has 0 bridgehead atoms. The second kappa shape index (κ2) is 8.33. The standard InChI is InChI=1S/C22H24ClN3O3/c1-28-19-8-5-14(12-20(19)29-2)18-4-3-11-26(18)22(27)10-9-21-24-16-7-6-15(23)13-17(16)25-21/h5-8,12-13,18H,3-4,9-11H2,1-2H3,(H,24,25). The van der Waals surface area contributed by atoms with Gasteiger partial charge in [0.1, 0.15) is 5.82 Å². The van der Waals surface area contributed by atoms with Crippen molar-refractivity contribution in [2.24, 2.45) is 0 Å². The van der Waals surface area contributed by atoms with E-state index in [0.717, 1.165) is 41.8 Å². The van der Waals surface area contributed by atoms with E-state index < -0.39 is 0 Å². The number of aryl methyl sites for hydroxylation is 1. The van der Waals surface area contributed by atoms with Crippen LogP contribution in [0.3, 0.4) is 0 Å². The first kappa shape index (κ1) is 19.6. The van der Waals surface area contributed by atoms with Gasteiger partial charge < -0.3 is 19.4 Å². The van der Waals surface area contributed by atoms with Gasteiger partial charge in [0.25, 0.3) is 0 Å². The molecule has 0 radical (unpaired) electrons. The highest BCUT2D eigenvalue weighted by Crippen LogP contribution is 2.37. The number of fused-ring (bicyclic) bond motifs is 1. The lowest BCUT2D eigenvalue weighted by atomic mass is 10.0. The van der Waals surface area contributed by atoms with Crippen LogP contribution in [-0.4, -0.2) is 41.5 Å². The van der Waals surface area contributed by atoms with Crippen molar-refractivity contribution in [2.75, 3.05) is 20.8 Å². The number of amides is 1. The van der Waals surface area contributed by atoms with Crippen molar-refractivity contribution in [3.63, 3.8) is 0 Å². The molecule has 1 fully saturated rings. The maximum absolute atomic E-state index is 13.0. The van der Waals surface area contributed by atoms with Gasteiger partial charge in [-0.2, -0.15) is 0 Å². The monoisotopic (exact) mass is 413 g/mol. The zero-order valence-corrected chi connectivity index (χ0v) is 17.3. The van der Waals surface area contributed by atoms with Gasteiger partial charge in [-0.1, -0.05) is 17.7 Å². The molecule has 0 spiro atoms. The molecule has 0 aliphatic carbocycles. The Hall–Kier alpha value is -2.73. The minimum atomic E-state index is 0.0665. The number of carbonyl (C=O) groups is 1. The molecule has 7 heteroatoms. The van der Waals surface area contributed by atoms with Crippen molar-refractivity contribution in [1.82, 2.24) is 14.9 Å². The lowest BCUT2D eigenvalue weighted by Crippen LogP contribution is -2.30. The normalized spacial score (nSPS) is 16.4. The second-order valence-corrected chi connectivity index (χ2v) is 7.64. The third-order valence-electron chi connectivity index (χ3n) is 5.43. The Morgan fingerprint density at radius 3 is 2.83 bits per heavy atom. The molecule has 1 saturated heterocycles. The number of imidazole rings is 1. The van der Waals surface area contributed by atoms with Crippen molar-refractivity contribution in [1.29, 1.82) is 0 Å². The summed E-state index contributed by atoms with van der Waals surface area (Å²) < 4.78 is 10.7. The summed E-state index contributed by atoms with van der Waals surface area (Å²) in [6.07, 6.45) is 2.93. The maximum atomic E-state index is 13.0. The van der Waals surface area contributed by atoms with E-state index in [1.54, 1.807) is 14.2 Å². The Bertz CT molecular complexity index is 1030. The number of hydrogen-bond donors (Lipinski definition) is 1. The Morgan fingerprint density at radius 2 is 2.03 bits per heavy atom. The molecule has 1 unspecified atom stereocenters. The zero-order chi connectivity index (χ0) is 20.4. The van der Waals surface area contributed by atoms with E-state index in [1.807, 2.05) is 41.3 Å². The van der Waals surface area contributed by atoms with Crippen molar-refractivity contribution in [3.8, 4) is 11.5 Å². The molecule has 1 amide bonds. The fourth-order valence-corrected chi connectivity index (χ4v) is 4.17. The highest BCUT2D eigenvalue weighted by Gasteiger charge is 2.30. The third-order valence-corrected chi connectivity index (χ3v) is 5.67. The zero-order valence-electron chi connectivity index (χ0n) is 16.6. The third kappa shape index (κ3) is 4.03. The molecule has 1 atom stereocenters. The Morgan fingerprint density at radius 1 is 1.21 bits per heavy atom. The van der Waals surface area contributed by atoms with E-state index >= 15 is 0 Å².